The van der Waals surface area contributed by atoms with E-state index in [2.05, 4.69) is 58.9 Å². The van der Waals surface area contributed by atoms with Crippen molar-refractivity contribution in [3.8, 4) is 0 Å². The first-order valence-corrected chi connectivity index (χ1v) is 6.63. The molecule has 0 bridgehead atoms. The summed E-state index contributed by atoms with van der Waals surface area (Å²) in [6.45, 7) is 11.0. The summed E-state index contributed by atoms with van der Waals surface area (Å²) < 4.78 is 0. The Morgan fingerprint density at radius 2 is 1.12 bits per heavy atom. The molecular formula is C16H28. The molecule has 0 radical (unpaired) electrons. The van der Waals surface area contributed by atoms with Crippen molar-refractivity contribution in [3.05, 3.63) is 35.4 Å². The molecule has 0 aliphatic heterocycles. The van der Waals surface area contributed by atoms with E-state index in [0.717, 1.165) is 5.92 Å². The predicted molar refractivity (Wildman–Crippen MR) is 74.9 cm³/mol. The molecule has 0 atom stereocenters. The SMILES string of the molecule is CCCC(C)CCC.Cc1ccc(C)cc1. The summed E-state index contributed by atoms with van der Waals surface area (Å²) >= 11 is 0. The molecule has 0 amide bonds. The van der Waals surface area contributed by atoms with E-state index in [1.165, 1.54) is 36.8 Å². The van der Waals surface area contributed by atoms with E-state index in [1.54, 1.807) is 0 Å². The number of hydrogen-bond donors (Lipinski definition) is 0. The molecule has 0 nitrogen and oxygen atoms in total. The highest BCUT2D eigenvalue weighted by Gasteiger charge is 1.95. The monoisotopic (exact) mass is 220 g/mol. The Morgan fingerprint density at radius 3 is 1.38 bits per heavy atom. The first-order valence-electron chi connectivity index (χ1n) is 6.63. The quantitative estimate of drug-likeness (QED) is 0.626. The molecule has 0 heterocycles. The Kier molecular flexibility index (Phi) is 8.99. The van der Waals surface area contributed by atoms with Crippen LogP contribution in [0.2, 0.25) is 0 Å². The average molecular weight is 220 g/mol. The van der Waals surface area contributed by atoms with E-state index < -0.39 is 0 Å². The standard InChI is InChI=1S/C8H10.C8H18/c1-7-3-5-8(2)6-4-7;1-4-6-8(3)7-5-2/h3-6H,1-2H3;8H,4-7H2,1-3H3. The van der Waals surface area contributed by atoms with E-state index >= 15 is 0 Å². The molecule has 0 aromatic heterocycles. The van der Waals surface area contributed by atoms with Gasteiger partial charge in [-0.15, -0.1) is 0 Å². The molecule has 0 N–H and O–H groups in total. The maximum atomic E-state index is 2.34. The zero-order chi connectivity index (χ0) is 12.4. The third-order valence-corrected chi connectivity index (χ3v) is 2.78. The van der Waals surface area contributed by atoms with E-state index in [0.29, 0.717) is 0 Å². The lowest BCUT2D eigenvalue weighted by molar-refractivity contribution is 0.480. The van der Waals surface area contributed by atoms with E-state index in [4.69, 9.17) is 0 Å². The second-order valence-electron chi connectivity index (χ2n) is 4.84. The second kappa shape index (κ2) is 9.45. The molecule has 0 saturated carbocycles. The van der Waals surface area contributed by atoms with Crippen molar-refractivity contribution in [2.45, 2.75) is 60.3 Å². The fraction of sp³-hybridized carbons (Fsp3) is 0.625. The Balaban J connectivity index is 0.000000281. The number of rotatable bonds is 4. The van der Waals surface area contributed by atoms with Gasteiger partial charge >= 0.3 is 0 Å². The summed E-state index contributed by atoms with van der Waals surface area (Å²) in [5, 5.41) is 0. The molecule has 0 unspecified atom stereocenters. The molecule has 0 aliphatic carbocycles. The van der Waals surface area contributed by atoms with Crippen LogP contribution in [0, 0.1) is 19.8 Å². The molecule has 1 rings (SSSR count). The summed E-state index contributed by atoms with van der Waals surface area (Å²) in [5.74, 6) is 0.963. The smallest absolute Gasteiger partial charge is 0.0398 e. The van der Waals surface area contributed by atoms with Gasteiger partial charge in [0, 0.05) is 0 Å². The Bertz CT molecular complexity index is 218. The molecule has 1 aromatic carbocycles. The van der Waals surface area contributed by atoms with Gasteiger partial charge in [-0.25, -0.2) is 0 Å². The van der Waals surface area contributed by atoms with Crippen molar-refractivity contribution in [1.29, 1.82) is 0 Å². The molecule has 1 aromatic rings. The van der Waals surface area contributed by atoms with Crippen LogP contribution in [0.5, 0.6) is 0 Å². The molecule has 0 aliphatic rings. The van der Waals surface area contributed by atoms with Crippen LogP contribution >= 0.6 is 0 Å². The fourth-order valence-corrected chi connectivity index (χ4v) is 1.77. The maximum absolute atomic E-state index is 2.34. The second-order valence-corrected chi connectivity index (χ2v) is 4.84. The van der Waals surface area contributed by atoms with Crippen molar-refractivity contribution in [2.75, 3.05) is 0 Å². The van der Waals surface area contributed by atoms with Gasteiger partial charge in [0.25, 0.3) is 0 Å². The van der Waals surface area contributed by atoms with Crippen LogP contribution in [0.3, 0.4) is 0 Å². The first-order chi connectivity index (χ1) is 7.60. The van der Waals surface area contributed by atoms with E-state index in [9.17, 15) is 0 Å². The van der Waals surface area contributed by atoms with Crippen LogP contribution in [-0.4, -0.2) is 0 Å². The van der Waals surface area contributed by atoms with Gasteiger partial charge in [0.2, 0.25) is 0 Å². The van der Waals surface area contributed by atoms with E-state index in [1.807, 2.05) is 0 Å². The summed E-state index contributed by atoms with van der Waals surface area (Å²) in [5.41, 5.74) is 2.66. The van der Waals surface area contributed by atoms with Gasteiger partial charge in [-0.05, 0) is 19.8 Å². The largest absolute Gasteiger partial charge is 0.0654 e. The molecule has 0 fully saturated rings. The zero-order valence-electron chi connectivity index (χ0n) is 11.7. The highest BCUT2D eigenvalue weighted by Crippen LogP contribution is 2.10. The third-order valence-electron chi connectivity index (χ3n) is 2.78. The van der Waals surface area contributed by atoms with Crippen molar-refractivity contribution >= 4 is 0 Å². The van der Waals surface area contributed by atoms with Gasteiger partial charge in [-0.1, -0.05) is 81.8 Å². The fourth-order valence-electron chi connectivity index (χ4n) is 1.77. The highest BCUT2D eigenvalue weighted by molar-refractivity contribution is 5.19. The molecule has 92 valence electrons. The Hall–Kier alpha value is -0.780. The van der Waals surface area contributed by atoms with Crippen LogP contribution in [-0.2, 0) is 0 Å². The number of aryl methyl sites for hydroxylation is 2. The van der Waals surface area contributed by atoms with Gasteiger partial charge in [0.05, 0.1) is 0 Å². The summed E-state index contributed by atoms with van der Waals surface area (Å²) in [4.78, 5) is 0. The van der Waals surface area contributed by atoms with Gasteiger partial charge in [-0.3, -0.25) is 0 Å². The minimum Gasteiger partial charge on any atom is -0.0654 e. The first kappa shape index (κ1) is 15.2. The average Bonchev–Trinajstić information content (AvgIpc) is 2.24. The van der Waals surface area contributed by atoms with Crippen LogP contribution in [0.25, 0.3) is 0 Å². The maximum Gasteiger partial charge on any atom is -0.0398 e. The highest BCUT2D eigenvalue weighted by atomic mass is 14.0. The third kappa shape index (κ3) is 8.52. The van der Waals surface area contributed by atoms with Gasteiger partial charge < -0.3 is 0 Å². The van der Waals surface area contributed by atoms with Crippen LogP contribution in [0.1, 0.15) is 57.6 Å². The van der Waals surface area contributed by atoms with Gasteiger partial charge in [0.15, 0.2) is 0 Å². The minimum absolute atomic E-state index is 0.963. The number of benzene rings is 1. The van der Waals surface area contributed by atoms with E-state index in [-0.39, 0.29) is 0 Å². The molecule has 0 heteroatoms. The lowest BCUT2D eigenvalue weighted by Crippen LogP contribution is -1.91. The van der Waals surface area contributed by atoms with Gasteiger partial charge in [-0.2, -0.15) is 0 Å². The summed E-state index contributed by atoms with van der Waals surface area (Å²) in [7, 11) is 0. The van der Waals surface area contributed by atoms with Crippen molar-refractivity contribution in [1.82, 2.24) is 0 Å². The topological polar surface area (TPSA) is 0 Å². The lowest BCUT2D eigenvalue weighted by Gasteiger charge is -2.05. The lowest BCUT2D eigenvalue weighted by atomic mass is 10.0. The summed E-state index contributed by atoms with van der Waals surface area (Å²) in [6, 6.07) is 8.48. The van der Waals surface area contributed by atoms with Crippen LogP contribution < -0.4 is 0 Å². The molecule has 16 heavy (non-hydrogen) atoms. The Morgan fingerprint density at radius 1 is 0.812 bits per heavy atom. The molecule has 0 spiro atoms. The van der Waals surface area contributed by atoms with Crippen molar-refractivity contribution < 1.29 is 0 Å². The molecule has 0 saturated heterocycles. The predicted octanol–water partition coefficient (Wildman–Crippen LogP) is 5.53. The van der Waals surface area contributed by atoms with Gasteiger partial charge in [0.1, 0.15) is 0 Å². The zero-order valence-corrected chi connectivity index (χ0v) is 11.7. The van der Waals surface area contributed by atoms with Crippen LogP contribution in [0.15, 0.2) is 24.3 Å². The number of hydrogen-bond acceptors (Lipinski definition) is 0. The van der Waals surface area contributed by atoms with Crippen LogP contribution in [0.4, 0.5) is 0 Å². The Labute approximate surface area is 102 Å². The normalized spacial score (nSPS) is 9.88. The van der Waals surface area contributed by atoms with Crippen molar-refractivity contribution in [3.63, 3.8) is 0 Å². The minimum atomic E-state index is 0.963. The van der Waals surface area contributed by atoms with Crippen molar-refractivity contribution in [2.24, 2.45) is 5.92 Å². The summed E-state index contributed by atoms with van der Waals surface area (Å²) in [6.07, 6.45) is 5.52. The molecular weight excluding hydrogens is 192 g/mol.